The third kappa shape index (κ3) is 3.15. The fourth-order valence-electron chi connectivity index (χ4n) is 2.54. The highest BCUT2D eigenvalue weighted by molar-refractivity contribution is 5.79. The summed E-state index contributed by atoms with van der Waals surface area (Å²) < 4.78 is 11.0. The van der Waals surface area contributed by atoms with Gasteiger partial charge in [-0.05, 0) is 36.8 Å². The van der Waals surface area contributed by atoms with Gasteiger partial charge in [0.1, 0.15) is 25.2 Å². The molecule has 0 unspecified atom stereocenters. The van der Waals surface area contributed by atoms with E-state index in [9.17, 15) is 14.9 Å². The molecule has 3 rings (SSSR count). The minimum Gasteiger partial charge on any atom is -0.486 e. The second kappa shape index (κ2) is 6.57. The Hall–Kier alpha value is -3.09. The Kier molecular flexibility index (Phi) is 4.33. The van der Waals surface area contributed by atoms with Crippen LogP contribution in [0.3, 0.4) is 0 Å². The molecule has 1 heterocycles. The van der Waals surface area contributed by atoms with Gasteiger partial charge in [0.15, 0.2) is 11.5 Å². The topological polar surface area (TPSA) is 90.7 Å². The zero-order chi connectivity index (χ0) is 17.1. The van der Waals surface area contributed by atoms with Crippen LogP contribution in [-0.2, 0) is 0 Å². The van der Waals surface area contributed by atoms with Crippen LogP contribution in [0.2, 0.25) is 0 Å². The normalized spacial score (nSPS) is 13.9. The molecule has 1 aliphatic heterocycles. The molecule has 0 saturated heterocycles. The summed E-state index contributed by atoms with van der Waals surface area (Å²) in [6.07, 6.45) is 0.584. The van der Waals surface area contributed by atoms with E-state index in [0.717, 1.165) is 5.56 Å². The van der Waals surface area contributed by atoms with Crippen LogP contribution in [0.1, 0.15) is 28.9 Å². The second-order valence-corrected chi connectivity index (χ2v) is 5.42. The molecule has 0 saturated carbocycles. The van der Waals surface area contributed by atoms with Crippen LogP contribution in [0.4, 0.5) is 11.4 Å². The number of aldehydes is 1. The first kappa shape index (κ1) is 15.8. The number of hydrogen-bond donors (Lipinski definition) is 1. The first-order chi connectivity index (χ1) is 11.6. The summed E-state index contributed by atoms with van der Waals surface area (Å²) in [4.78, 5) is 21.5. The first-order valence-electron chi connectivity index (χ1n) is 7.48. The highest BCUT2D eigenvalue weighted by Crippen LogP contribution is 2.34. The Balaban J connectivity index is 1.85. The quantitative estimate of drug-likeness (QED) is 0.514. The van der Waals surface area contributed by atoms with E-state index in [1.165, 1.54) is 12.1 Å². The zero-order valence-corrected chi connectivity index (χ0v) is 13.0. The molecule has 7 nitrogen and oxygen atoms in total. The fourth-order valence-corrected chi connectivity index (χ4v) is 2.54. The molecule has 0 aliphatic carbocycles. The minimum absolute atomic E-state index is 0.135. The van der Waals surface area contributed by atoms with E-state index in [4.69, 9.17) is 9.47 Å². The number of nitro benzene ring substituents is 1. The maximum absolute atomic E-state index is 11.2. The molecule has 1 N–H and O–H groups in total. The third-order valence-corrected chi connectivity index (χ3v) is 3.79. The van der Waals surface area contributed by atoms with E-state index in [-0.39, 0.29) is 17.3 Å². The lowest BCUT2D eigenvalue weighted by molar-refractivity contribution is -0.384. The number of carbonyl (C=O) groups is 1. The van der Waals surface area contributed by atoms with Crippen molar-refractivity contribution >= 4 is 17.7 Å². The van der Waals surface area contributed by atoms with Gasteiger partial charge in [0.05, 0.1) is 4.92 Å². The van der Waals surface area contributed by atoms with Crippen LogP contribution in [-0.4, -0.2) is 24.4 Å². The molecule has 1 aliphatic rings. The molecule has 24 heavy (non-hydrogen) atoms. The Morgan fingerprint density at radius 2 is 1.92 bits per heavy atom. The number of carbonyl (C=O) groups excluding carboxylic acids is 1. The fraction of sp³-hybridized carbons (Fsp3) is 0.235. The van der Waals surface area contributed by atoms with Gasteiger partial charge >= 0.3 is 0 Å². The molecular weight excluding hydrogens is 312 g/mol. The molecular formula is C17H16N2O5. The van der Waals surface area contributed by atoms with Crippen molar-refractivity contribution in [2.75, 3.05) is 18.5 Å². The number of nitrogens with zero attached hydrogens (tertiary/aromatic N) is 1. The molecule has 7 heteroatoms. The van der Waals surface area contributed by atoms with Crippen molar-refractivity contribution in [1.29, 1.82) is 0 Å². The summed E-state index contributed by atoms with van der Waals surface area (Å²) in [5.41, 5.74) is 1.39. The first-order valence-corrected chi connectivity index (χ1v) is 7.48. The maximum atomic E-state index is 11.2. The van der Waals surface area contributed by atoms with E-state index in [1.54, 1.807) is 6.07 Å². The molecule has 0 aromatic heterocycles. The van der Waals surface area contributed by atoms with Gasteiger partial charge in [0, 0.05) is 17.7 Å². The average Bonchev–Trinajstić information content (AvgIpc) is 2.61. The number of ether oxygens (including phenoxy) is 2. The summed E-state index contributed by atoms with van der Waals surface area (Å²) in [7, 11) is 0. The highest BCUT2D eigenvalue weighted by atomic mass is 16.6. The van der Waals surface area contributed by atoms with Gasteiger partial charge in [-0.2, -0.15) is 0 Å². The number of hydrogen-bond acceptors (Lipinski definition) is 6. The number of anilines is 1. The van der Waals surface area contributed by atoms with Crippen LogP contribution in [0.25, 0.3) is 0 Å². The monoisotopic (exact) mass is 328 g/mol. The summed E-state index contributed by atoms with van der Waals surface area (Å²) >= 11 is 0. The van der Waals surface area contributed by atoms with Gasteiger partial charge in [-0.25, -0.2) is 0 Å². The second-order valence-electron chi connectivity index (χ2n) is 5.42. The number of nitrogens with one attached hydrogen (secondary N) is 1. The van der Waals surface area contributed by atoms with Crippen molar-refractivity contribution in [3.05, 3.63) is 57.6 Å². The van der Waals surface area contributed by atoms with Crippen LogP contribution in [0.15, 0.2) is 36.4 Å². The predicted octanol–water partition coefficient (Wildman–Crippen LogP) is 3.35. The van der Waals surface area contributed by atoms with Gasteiger partial charge < -0.3 is 14.8 Å². The SMILES string of the molecule is C[C@H](Nc1ccc(C=O)cc1[N+](=O)[O-])c1ccc2c(c1)OCCO2. The van der Waals surface area contributed by atoms with E-state index in [1.807, 2.05) is 25.1 Å². The third-order valence-electron chi connectivity index (χ3n) is 3.79. The molecule has 0 bridgehead atoms. The smallest absolute Gasteiger partial charge is 0.293 e. The molecule has 0 spiro atoms. The Bertz CT molecular complexity index is 791. The maximum Gasteiger partial charge on any atom is 0.293 e. The van der Waals surface area contributed by atoms with E-state index < -0.39 is 4.92 Å². The number of benzene rings is 2. The number of fused-ring (bicyclic) bond motifs is 1. The van der Waals surface area contributed by atoms with Gasteiger partial charge in [0.2, 0.25) is 0 Å². The lowest BCUT2D eigenvalue weighted by atomic mass is 10.1. The minimum atomic E-state index is -0.508. The standard InChI is InChI=1S/C17H16N2O5/c1-11(13-3-5-16-17(9-13)24-7-6-23-16)18-14-4-2-12(10-20)8-15(14)19(21)22/h2-5,8-11,18H,6-7H2,1H3/t11-/m0/s1. The van der Waals surface area contributed by atoms with Crippen LogP contribution in [0.5, 0.6) is 11.5 Å². The average molecular weight is 328 g/mol. The van der Waals surface area contributed by atoms with Gasteiger partial charge in [-0.3, -0.25) is 14.9 Å². The van der Waals surface area contributed by atoms with Crippen LogP contribution < -0.4 is 14.8 Å². The summed E-state index contributed by atoms with van der Waals surface area (Å²) in [5.74, 6) is 1.36. The van der Waals surface area contributed by atoms with Crippen molar-refractivity contribution in [3.63, 3.8) is 0 Å². The lowest BCUT2D eigenvalue weighted by Gasteiger charge is -2.21. The van der Waals surface area contributed by atoms with E-state index in [2.05, 4.69) is 5.32 Å². The predicted molar refractivity (Wildman–Crippen MR) is 88.0 cm³/mol. The van der Waals surface area contributed by atoms with Gasteiger partial charge in [-0.15, -0.1) is 0 Å². The van der Waals surface area contributed by atoms with Crippen molar-refractivity contribution in [3.8, 4) is 11.5 Å². The molecule has 124 valence electrons. The number of rotatable bonds is 5. The van der Waals surface area contributed by atoms with Crippen LogP contribution in [0, 0.1) is 10.1 Å². The van der Waals surface area contributed by atoms with Crippen molar-refractivity contribution < 1.29 is 19.2 Å². The van der Waals surface area contributed by atoms with Crippen LogP contribution >= 0.6 is 0 Å². The van der Waals surface area contributed by atoms with Crippen molar-refractivity contribution in [1.82, 2.24) is 0 Å². The van der Waals surface area contributed by atoms with Crippen molar-refractivity contribution in [2.45, 2.75) is 13.0 Å². The van der Waals surface area contributed by atoms with Gasteiger partial charge in [0.25, 0.3) is 5.69 Å². The van der Waals surface area contributed by atoms with Gasteiger partial charge in [-0.1, -0.05) is 6.07 Å². The van der Waals surface area contributed by atoms with E-state index >= 15 is 0 Å². The Morgan fingerprint density at radius 3 is 2.62 bits per heavy atom. The number of nitro groups is 1. The summed E-state index contributed by atoms with van der Waals surface area (Å²) in [6, 6.07) is 9.71. The lowest BCUT2D eigenvalue weighted by Crippen LogP contribution is -2.16. The Labute approximate surface area is 138 Å². The Morgan fingerprint density at radius 1 is 1.17 bits per heavy atom. The molecule has 0 fully saturated rings. The largest absolute Gasteiger partial charge is 0.486 e. The molecule has 0 amide bonds. The van der Waals surface area contributed by atoms with E-state index in [0.29, 0.717) is 36.7 Å². The molecule has 0 radical (unpaired) electrons. The zero-order valence-electron chi connectivity index (χ0n) is 13.0. The van der Waals surface area contributed by atoms with Crippen molar-refractivity contribution in [2.24, 2.45) is 0 Å². The summed E-state index contributed by atoms with van der Waals surface area (Å²) in [5, 5.41) is 14.3. The summed E-state index contributed by atoms with van der Waals surface area (Å²) in [6.45, 7) is 2.91. The molecule has 2 aromatic rings. The molecule has 1 atom stereocenters. The molecule has 2 aromatic carbocycles. The highest BCUT2D eigenvalue weighted by Gasteiger charge is 2.19.